The van der Waals surface area contributed by atoms with Crippen molar-refractivity contribution in [2.75, 3.05) is 12.0 Å². The first kappa shape index (κ1) is 10.1. The van der Waals surface area contributed by atoms with Gasteiger partial charge in [-0.25, -0.2) is 8.42 Å². The van der Waals surface area contributed by atoms with E-state index in [-0.39, 0.29) is 0 Å². The van der Waals surface area contributed by atoms with Crippen molar-refractivity contribution in [3.05, 3.63) is 29.8 Å². The van der Waals surface area contributed by atoms with Gasteiger partial charge in [0.1, 0.15) is 0 Å². The lowest BCUT2D eigenvalue weighted by atomic mass is 10.1. The van der Waals surface area contributed by atoms with Gasteiger partial charge in [0, 0.05) is 11.9 Å². The Balaban J connectivity index is 3.04. The zero-order valence-electron chi connectivity index (χ0n) is 7.69. The molecule has 0 saturated heterocycles. The Labute approximate surface area is 78.5 Å². The highest BCUT2D eigenvalue weighted by Crippen LogP contribution is 2.21. The van der Waals surface area contributed by atoms with Crippen LogP contribution >= 0.6 is 0 Å². The van der Waals surface area contributed by atoms with E-state index in [2.05, 4.69) is 0 Å². The molecule has 1 atom stereocenters. The van der Waals surface area contributed by atoms with E-state index in [1.807, 2.05) is 0 Å². The van der Waals surface area contributed by atoms with E-state index in [1.54, 1.807) is 31.2 Å². The number of hydrogen-bond donors (Lipinski definition) is 1. The Kier molecular flexibility index (Phi) is 2.61. The third kappa shape index (κ3) is 2.45. The number of benzene rings is 1. The monoisotopic (exact) mass is 199 g/mol. The Morgan fingerprint density at radius 3 is 2.08 bits per heavy atom. The van der Waals surface area contributed by atoms with Crippen molar-refractivity contribution in [3.63, 3.8) is 0 Å². The first-order valence-corrected chi connectivity index (χ1v) is 5.91. The second-order valence-electron chi connectivity index (χ2n) is 3.14. The van der Waals surface area contributed by atoms with E-state index in [0.29, 0.717) is 5.69 Å². The summed E-state index contributed by atoms with van der Waals surface area (Å²) in [6.07, 6.45) is 1.23. The van der Waals surface area contributed by atoms with E-state index in [9.17, 15) is 8.42 Å². The van der Waals surface area contributed by atoms with Crippen molar-refractivity contribution in [3.8, 4) is 0 Å². The lowest BCUT2D eigenvalue weighted by Gasteiger charge is -2.09. The third-order valence-electron chi connectivity index (χ3n) is 2.05. The summed E-state index contributed by atoms with van der Waals surface area (Å²) in [5.74, 6) is 0. The van der Waals surface area contributed by atoms with Gasteiger partial charge in [-0.3, -0.25) is 0 Å². The molecule has 0 saturated carbocycles. The second-order valence-corrected chi connectivity index (χ2v) is 5.50. The van der Waals surface area contributed by atoms with Gasteiger partial charge in [0.25, 0.3) is 0 Å². The quantitative estimate of drug-likeness (QED) is 0.732. The largest absolute Gasteiger partial charge is 0.399 e. The van der Waals surface area contributed by atoms with Crippen molar-refractivity contribution in [1.29, 1.82) is 0 Å². The average molecular weight is 199 g/mol. The molecule has 0 amide bonds. The fraction of sp³-hybridized carbons (Fsp3) is 0.333. The first-order valence-electron chi connectivity index (χ1n) is 3.95. The highest BCUT2D eigenvalue weighted by atomic mass is 32.2. The number of nitrogen functional groups attached to an aromatic ring is 1. The SMILES string of the molecule is C[C@@H](c1ccc(N)cc1)S(C)(=O)=O. The van der Waals surface area contributed by atoms with E-state index >= 15 is 0 Å². The van der Waals surface area contributed by atoms with Gasteiger partial charge >= 0.3 is 0 Å². The minimum Gasteiger partial charge on any atom is -0.399 e. The van der Waals surface area contributed by atoms with Crippen LogP contribution in [0.15, 0.2) is 24.3 Å². The van der Waals surface area contributed by atoms with Gasteiger partial charge in [-0.1, -0.05) is 12.1 Å². The van der Waals surface area contributed by atoms with Gasteiger partial charge in [0.2, 0.25) is 0 Å². The van der Waals surface area contributed by atoms with Crippen LogP contribution in [0.5, 0.6) is 0 Å². The lowest BCUT2D eigenvalue weighted by molar-refractivity contribution is 0.592. The summed E-state index contributed by atoms with van der Waals surface area (Å²) in [6.45, 7) is 1.67. The highest BCUT2D eigenvalue weighted by Gasteiger charge is 2.16. The van der Waals surface area contributed by atoms with E-state index in [1.165, 1.54) is 6.26 Å². The molecule has 13 heavy (non-hydrogen) atoms. The molecule has 0 aliphatic heterocycles. The fourth-order valence-corrected chi connectivity index (χ4v) is 1.67. The van der Waals surface area contributed by atoms with Gasteiger partial charge in [0.15, 0.2) is 9.84 Å². The summed E-state index contributed by atoms with van der Waals surface area (Å²) in [6, 6.07) is 6.89. The Morgan fingerprint density at radius 2 is 1.69 bits per heavy atom. The van der Waals surface area contributed by atoms with Crippen LogP contribution in [0.4, 0.5) is 5.69 Å². The number of nitrogens with two attached hydrogens (primary N) is 1. The number of sulfone groups is 1. The van der Waals surface area contributed by atoms with Crippen LogP contribution in [-0.2, 0) is 9.84 Å². The topological polar surface area (TPSA) is 60.2 Å². The van der Waals surface area contributed by atoms with E-state index in [4.69, 9.17) is 5.73 Å². The maximum atomic E-state index is 11.2. The predicted octanol–water partition coefficient (Wildman–Crippen LogP) is 1.37. The van der Waals surface area contributed by atoms with Gasteiger partial charge in [-0.2, -0.15) is 0 Å². The normalized spacial score (nSPS) is 14.0. The molecule has 72 valence electrons. The molecular formula is C9H13NO2S. The third-order valence-corrected chi connectivity index (χ3v) is 3.60. The van der Waals surface area contributed by atoms with Crippen molar-refractivity contribution in [1.82, 2.24) is 0 Å². The Bertz CT molecular complexity index is 381. The molecule has 0 aliphatic carbocycles. The molecule has 0 aliphatic rings. The molecular weight excluding hydrogens is 186 g/mol. The zero-order valence-corrected chi connectivity index (χ0v) is 8.51. The summed E-state index contributed by atoms with van der Waals surface area (Å²) in [5.41, 5.74) is 6.90. The molecule has 0 bridgehead atoms. The van der Waals surface area contributed by atoms with Gasteiger partial charge < -0.3 is 5.73 Å². The van der Waals surface area contributed by atoms with Crippen molar-refractivity contribution in [2.45, 2.75) is 12.2 Å². The molecule has 4 heteroatoms. The van der Waals surface area contributed by atoms with Gasteiger partial charge in [0.05, 0.1) is 5.25 Å². The number of hydrogen-bond acceptors (Lipinski definition) is 3. The van der Waals surface area contributed by atoms with Crippen molar-refractivity contribution < 1.29 is 8.42 Å². The van der Waals surface area contributed by atoms with Crippen molar-refractivity contribution >= 4 is 15.5 Å². The second kappa shape index (κ2) is 3.38. The molecule has 2 N–H and O–H groups in total. The van der Waals surface area contributed by atoms with E-state index < -0.39 is 15.1 Å². The minimum absolute atomic E-state index is 0.465. The standard InChI is InChI=1S/C9H13NO2S/c1-7(13(2,11)12)8-3-5-9(10)6-4-8/h3-7H,10H2,1-2H3/t7-/m0/s1. The van der Waals surface area contributed by atoms with Crippen LogP contribution in [0.25, 0.3) is 0 Å². The number of rotatable bonds is 2. The van der Waals surface area contributed by atoms with Gasteiger partial charge in [-0.15, -0.1) is 0 Å². The summed E-state index contributed by atoms with van der Waals surface area (Å²) in [7, 11) is -3.01. The van der Waals surface area contributed by atoms with Crippen LogP contribution in [0.1, 0.15) is 17.7 Å². The van der Waals surface area contributed by atoms with Crippen LogP contribution in [-0.4, -0.2) is 14.7 Å². The Hall–Kier alpha value is -1.03. The fourth-order valence-electron chi connectivity index (χ4n) is 1.01. The van der Waals surface area contributed by atoms with Crippen LogP contribution in [0, 0.1) is 0 Å². The maximum Gasteiger partial charge on any atom is 0.154 e. The summed E-state index contributed by atoms with van der Waals surface area (Å²) in [4.78, 5) is 0. The van der Waals surface area contributed by atoms with Crippen LogP contribution < -0.4 is 5.73 Å². The van der Waals surface area contributed by atoms with Crippen LogP contribution in [0.2, 0.25) is 0 Å². The van der Waals surface area contributed by atoms with Gasteiger partial charge in [-0.05, 0) is 24.6 Å². The molecule has 3 nitrogen and oxygen atoms in total. The summed E-state index contributed by atoms with van der Waals surface area (Å²) < 4.78 is 22.4. The highest BCUT2D eigenvalue weighted by molar-refractivity contribution is 7.90. The first-order chi connectivity index (χ1) is 5.91. The van der Waals surface area contributed by atoms with Crippen LogP contribution in [0.3, 0.4) is 0 Å². The molecule has 0 aromatic heterocycles. The average Bonchev–Trinajstić information content (AvgIpc) is 2.03. The summed E-state index contributed by atoms with van der Waals surface area (Å²) >= 11 is 0. The molecule has 0 spiro atoms. The smallest absolute Gasteiger partial charge is 0.154 e. The molecule has 1 aromatic rings. The van der Waals surface area contributed by atoms with Crippen molar-refractivity contribution in [2.24, 2.45) is 0 Å². The molecule has 1 rings (SSSR count). The zero-order chi connectivity index (χ0) is 10.1. The minimum atomic E-state index is -3.01. The molecule has 0 unspecified atom stereocenters. The molecule has 0 radical (unpaired) electrons. The molecule has 1 aromatic carbocycles. The molecule has 0 fully saturated rings. The number of anilines is 1. The van der Waals surface area contributed by atoms with E-state index in [0.717, 1.165) is 5.56 Å². The lowest BCUT2D eigenvalue weighted by Crippen LogP contribution is -2.07. The Morgan fingerprint density at radius 1 is 1.23 bits per heavy atom. The molecule has 0 heterocycles. The summed E-state index contributed by atoms with van der Waals surface area (Å²) in [5, 5.41) is -0.465. The maximum absolute atomic E-state index is 11.2. The predicted molar refractivity (Wildman–Crippen MR) is 54.1 cm³/mol.